The highest BCUT2D eigenvalue weighted by Crippen LogP contribution is 2.41. The Labute approximate surface area is 122 Å². The van der Waals surface area contributed by atoms with Crippen LogP contribution in [0.15, 0.2) is 46.3 Å². The zero-order valence-corrected chi connectivity index (χ0v) is 12.9. The second kappa shape index (κ2) is 6.13. The fourth-order valence-corrected chi connectivity index (χ4v) is 3.23. The number of pyridine rings is 1. The zero-order valence-electron chi connectivity index (χ0n) is 12.0. The van der Waals surface area contributed by atoms with E-state index in [2.05, 4.69) is 39.3 Å². The van der Waals surface area contributed by atoms with Gasteiger partial charge < -0.3 is 10.1 Å². The van der Waals surface area contributed by atoms with Crippen molar-refractivity contribution >= 4 is 17.0 Å². The Morgan fingerprint density at radius 1 is 1.30 bits per heavy atom. The summed E-state index contributed by atoms with van der Waals surface area (Å²) in [6, 6.07) is 2.08. The van der Waals surface area contributed by atoms with Gasteiger partial charge in [-0.05, 0) is 43.2 Å². The molecule has 20 heavy (non-hydrogen) atoms. The number of nitrogens with one attached hydrogen (secondary N) is 1. The van der Waals surface area contributed by atoms with Crippen molar-refractivity contribution < 1.29 is 9.53 Å². The molecule has 1 aliphatic heterocycles. The zero-order chi connectivity index (χ0) is 14.6. The van der Waals surface area contributed by atoms with Crippen LogP contribution in [0.5, 0.6) is 0 Å². The van der Waals surface area contributed by atoms with Gasteiger partial charge in [-0.3, -0.25) is 4.98 Å². The Bertz CT molecular complexity index is 535. The van der Waals surface area contributed by atoms with Crippen LogP contribution in [0.4, 0.5) is 4.79 Å². The SMILES string of the molecule is CC(C)(C)OC(=O)NCc1cncc([SH]2C=CC=C2)c1. The molecular formula is C15H20N2O2S. The molecule has 1 N–H and O–H groups in total. The van der Waals surface area contributed by atoms with Gasteiger partial charge in [-0.15, -0.1) is 0 Å². The number of ether oxygens (including phenoxy) is 1. The van der Waals surface area contributed by atoms with E-state index in [1.54, 1.807) is 6.20 Å². The van der Waals surface area contributed by atoms with Gasteiger partial charge in [0.05, 0.1) is 0 Å². The summed E-state index contributed by atoms with van der Waals surface area (Å²) in [5.41, 5.74) is 0.497. The highest BCUT2D eigenvalue weighted by atomic mass is 32.2. The number of thiol groups is 1. The van der Waals surface area contributed by atoms with Gasteiger partial charge in [0.15, 0.2) is 0 Å². The number of allylic oxidation sites excluding steroid dienone is 2. The first kappa shape index (κ1) is 14.7. The van der Waals surface area contributed by atoms with Crippen LogP contribution in [0, 0.1) is 0 Å². The van der Waals surface area contributed by atoms with E-state index in [4.69, 9.17) is 4.74 Å². The molecule has 2 heterocycles. The van der Waals surface area contributed by atoms with Gasteiger partial charge in [0.1, 0.15) is 5.60 Å². The molecule has 1 aromatic heterocycles. The smallest absolute Gasteiger partial charge is 0.407 e. The Balaban J connectivity index is 1.93. The molecule has 0 atom stereocenters. The first-order valence-corrected chi connectivity index (χ1v) is 7.96. The van der Waals surface area contributed by atoms with Crippen molar-refractivity contribution in [2.45, 2.75) is 37.8 Å². The molecule has 0 saturated heterocycles. The molecule has 0 bridgehead atoms. The Kier molecular flexibility index (Phi) is 4.49. The lowest BCUT2D eigenvalue weighted by molar-refractivity contribution is 0.0523. The molecule has 0 radical (unpaired) electrons. The third-order valence-corrected chi connectivity index (χ3v) is 4.35. The summed E-state index contributed by atoms with van der Waals surface area (Å²) in [5.74, 6) is 0. The van der Waals surface area contributed by atoms with Gasteiger partial charge in [0.2, 0.25) is 0 Å². The number of rotatable bonds is 3. The molecule has 108 valence electrons. The van der Waals surface area contributed by atoms with Gasteiger partial charge >= 0.3 is 6.09 Å². The monoisotopic (exact) mass is 292 g/mol. The quantitative estimate of drug-likeness (QED) is 0.838. The van der Waals surface area contributed by atoms with Crippen molar-refractivity contribution in [2.75, 3.05) is 0 Å². The number of carbonyl (C=O) groups excluding carboxylic acids is 1. The van der Waals surface area contributed by atoms with Crippen LogP contribution in [0.25, 0.3) is 0 Å². The van der Waals surface area contributed by atoms with E-state index in [1.165, 1.54) is 4.90 Å². The van der Waals surface area contributed by atoms with Crippen molar-refractivity contribution in [3.05, 3.63) is 47.0 Å². The molecule has 0 spiro atoms. The maximum Gasteiger partial charge on any atom is 0.407 e. The molecule has 1 aromatic rings. The lowest BCUT2D eigenvalue weighted by atomic mass is 10.2. The number of alkyl carbamates (subject to hydrolysis) is 1. The van der Waals surface area contributed by atoms with Crippen LogP contribution >= 0.6 is 10.9 Å². The van der Waals surface area contributed by atoms with E-state index in [-0.39, 0.29) is 10.9 Å². The van der Waals surface area contributed by atoms with Crippen molar-refractivity contribution in [1.82, 2.24) is 10.3 Å². The maximum atomic E-state index is 11.6. The second-order valence-electron chi connectivity index (χ2n) is 5.50. The van der Waals surface area contributed by atoms with E-state index < -0.39 is 11.7 Å². The molecule has 1 aliphatic rings. The minimum absolute atomic E-state index is 0.372. The lowest BCUT2D eigenvalue weighted by Gasteiger charge is -2.19. The molecule has 0 fully saturated rings. The van der Waals surface area contributed by atoms with E-state index in [0.717, 1.165) is 5.56 Å². The lowest BCUT2D eigenvalue weighted by Crippen LogP contribution is -2.32. The minimum atomic E-state index is -0.479. The first-order valence-electron chi connectivity index (χ1n) is 6.48. The van der Waals surface area contributed by atoms with Gasteiger partial charge in [-0.1, -0.05) is 12.2 Å². The summed E-state index contributed by atoms with van der Waals surface area (Å²) < 4.78 is 5.20. The number of amides is 1. The third kappa shape index (κ3) is 4.42. The van der Waals surface area contributed by atoms with Crippen molar-refractivity contribution in [1.29, 1.82) is 0 Å². The molecule has 0 aromatic carbocycles. The summed E-state index contributed by atoms with van der Waals surface area (Å²) in [5, 5.41) is 7.10. The molecule has 0 aliphatic carbocycles. The molecule has 0 unspecified atom stereocenters. The Morgan fingerprint density at radius 3 is 2.65 bits per heavy atom. The van der Waals surface area contributed by atoms with Gasteiger partial charge in [0, 0.05) is 23.8 Å². The van der Waals surface area contributed by atoms with Crippen molar-refractivity contribution in [3.8, 4) is 0 Å². The number of aromatic nitrogens is 1. The first-order chi connectivity index (χ1) is 9.44. The summed E-state index contributed by atoms with van der Waals surface area (Å²) in [7, 11) is -0.372. The topological polar surface area (TPSA) is 51.2 Å². The summed E-state index contributed by atoms with van der Waals surface area (Å²) in [6.07, 6.45) is 7.34. The summed E-state index contributed by atoms with van der Waals surface area (Å²) in [6.45, 7) is 5.95. The van der Waals surface area contributed by atoms with Crippen LogP contribution in [0.3, 0.4) is 0 Å². The number of carbonyl (C=O) groups is 1. The molecule has 1 amide bonds. The largest absolute Gasteiger partial charge is 0.444 e. The minimum Gasteiger partial charge on any atom is -0.444 e. The predicted molar refractivity (Wildman–Crippen MR) is 82.8 cm³/mol. The highest BCUT2D eigenvalue weighted by Gasteiger charge is 2.15. The third-order valence-electron chi connectivity index (χ3n) is 2.52. The molecular weight excluding hydrogens is 272 g/mol. The van der Waals surface area contributed by atoms with Crippen LogP contribution in [-0.4, -0.2) is 16.7 Å². The molecule has 5 heteroatoms. The number of hydrogen-bond donors (Lipinski definition) is 2. The van der Waals surface area contributed by atoms with Crippen molar-refractivity contribution in [3.63, 3.8) is 0 Å². The predicted octanol–water partition coefficient (Wildman–Crippen LogP) is 3.51. The number of nitrogens with zero attached hydrogens (tertiary/aromatic N) is 1. The molecule has 2 rings (SSSR count). The second-order valence-corrected chi connectivity index (χ2v) is 7.42. The van der Waals surface area contributed by atoms with Crippen LogP contribution in [0.1, 0.15) is 26.3 Å². The molecule has 4 nitrogen and oxygen atoms in total. The Morgan fingerprint density at radius 2 is 2.00 bits per heavy atom. The number of hydrogen-bond acceptors (Lipinski definition) is 3. The summed E-state index contributed by atoms with van der Waals surface area (Å²) in [4.78, 5) is 17.0. The van der Waals surface area contributed by atoms with Crippen molar-refractivity contribution in [2.24, 2.45) is 0 Å². The van der Waals surface area contributed by atoms with E-state index in [1.807, 2.05) is 27.0 Å². The van der Waals surface area contributed by atoms with E-state index in [0.29, 0.717) is 6.54 Å². The Hall–Kier alpha value is -1.75. The van der Waals surface area contributed by atoms with E-state index >= 15 is 0 Å². The highest BCUT2D eigenvalue weighted by molar-refractivity contribution is 8.22. The average Bonchev–Trinajstić information content (AvgIpc) is 2.88. The van der Waals surface area contributed by atoms with Crippen LogP contribution in [0.2, 0.25) is 0 Å². The average molecular weight is 292 g/mol. The maximum absolute atomic E-state index is 11.6. The van der Waals surface area contributed by atoms with Crippen LogP contribution < -0.4 is 5.32 Å². The fraction of sp³-hybridized carbons (Fsp3) is 0.333. The van der Waals surface area contributed by atoms with Crippen LogP contribution in [-0.2, 0) is 11.3 Å². The normalized spacial score (nSPS) is 15.4. The fourth-order valence-electron chi connectivity index (χ4n) is 1.71. The van der Waals surface area contributed by atoms with E-state index in [9.17, 15) is 4.79 Å². The summed E-state index contributed by atoms with van der Waals surface area (Å²) >= 11 is 0. The van der Waals surface area contributed by atoms with Gasteiger partial charge in [-0.25, -0.2) is 4.79 Å². The van der Waals surface area contributed by atoms with Gasteiger partial charge in [-0.2, -0.15) is 10.9 Å². The molecule has 0 saturated carbocycles. The standard InChI is InChI=1S/C15H20N2O2S/c1-15(2,3)19-14(18)17-10-12-8-13(11-16-9-12)20-6-4-5-7-20/h4-9,11,20H,10H2,1-3H3,(H,17,18). The van der Waals surface area contributed by atoms with Gasteiger partial charge in [0.25, 0.3) is 0 Å².